The van der Waals surface area contributed by atoms with Crippen LogP contribution in [-0.4, -0.2) is 49.1 Å². The highest BCUT2D eigenvalue weighted by Crippen LogP contribution is 2.26. The van der Waals surface area contributed by atoms with Crippen LogP contribution in [0.2, 0.25) is 6.04 Å². The first kappa shape index (κ1) is 20.0. The van der Waals surface area contributed by atoms with Crippen LogP contribution in [0.4, 0.5) is 0 Å². The fourth-order valence-corrected chi connectivity index (χ4v) is 3.08. The molecular formula is C15H23BrO4SSi. The molecule has 2 radical (unpaired) electrons. The van der Waals surface area contributed by atoms with Crippen molar-refractivity contribution in [3.05, 3.63) is 28.2 Å². The molecule has 0 heterocycles. The predicted octanol–water partition coefficient (Wildman–Crippen LogP) is 3.36. The van der Waals surface area contributed by atoms with Crippen LogP contribution in [0, 0.1) is 0 Å². The first-order valence-electron chi connectivity index (χ1n) is 7.21. The highest BCUT2D eigenvalue weighted by molar-refractivity contribution is 9.10. The highest BCUT2D eigenvalue weighted by atomic mass is 79.9. The van der Waals surface area contributed by atoms with E-state index in [0.29, 0.717) is 42.8 Å². The van der Waals surface area contributed by atoms with Gasteiger partial charge in [-0.2, -0.15) is 12.6 Å². The molecule has 0 N–H and O–H groups in total. The second-order valence-electron chi connectivity index (χ2n) is 4.48. The summed E-state index contributed by atoms with van der Waals surface area (Å²) in [4.78, 5) is 0. The molecule has 0 unspecified atom stereocenters. The lowest BCUT2D eigenvalue weighted by atomic mass is 10.2. The van der Waals surface area contributed by atoms with Crippen LogP contribution in [0.25, 0.3) is 0 Å². The molecule has 1 aromatic carbocycles. The van der Waals surface area contributed by atoms with Crippen molar-refractivity contribution in [2.45, 2.75) is 19.1 Å². The molecule has 22 heavy (non-hydrogen) atoms. The summed E-state index contributed by atoms with van der Waals surface area (Å²) in [5.41, 5.74) is 1.07. The van der Waals surface area contributed by atoms with Gasteiger partial charge in [-0.3, -0.25) is 0 Å². The lowest BCUT2D eigenvalue weighted by molar-refractivity contribution is 0.0615. The fourth-order valence-electron chi connectivity index (χ4n) is 1.57. The van der Waals surface area contributed by atoms with Gasteiger partial charge in [0, 0.05) is 7.11 Å². The van der Waals surface area contributed by atoms with Crippen molar-refractivity contribution in [3.8, 4) is 5.75 Å². The van der Waals surface area contributed by atoms with Gasteiger partial charge >= 0.3 is 0 Å². The van der Waals surface area contributed by atoms with E-state index in [1.165, 1.54) is 0 Å². The quantitative estimate of drug-likeness (QED) is 0.309. The van der Waals surface area contributed by atoms with Gasteiger partial charge in [0.25, 0.3) is 0 Å². The Morgan fingerprint density at radius 2 is 2.05 bits per heavy atom. The average Bonchev–Trinajstić information content (AvgIpc) is 2.53. The van der Waals surface area contributed by atoms with Crippen LogP contribution in [0.1, 0.15) is 12.0 Å². The summed E-state index contributed by atoms with van der Waals surface area (Å²) in [5.74, 6) is 1.73. The molecule has 0 bridgehead atoms. The van der Waals surface area contributed by atoms with E-state index in [1.54, 1.807) is 7.11 Å². The maximum absolute atomic E-state index is 5.75. The Morgan fingerprint density at radius 1 is 1.18 bits per heavy atom. The topological polar surface area (TPSA) is 36.9 Å². The van der Waals surface area contributed by atoms with E-state index in [4.69, 9.17) is 18.6 Å². The van der Waals surface area contributed by atoms with E-state index in [-0.39, 0.29) is 0 Å². The van der Waals surface area contributed by atoms with Crippen molar-refractivity contribution in [1.29, 1.82) is 0 Å². The van der Waals surface area contributed by atoms with Crippen molar-refractivity contribution in [1.82, 2.24) is 0 Å². The van der Waals surface area contributed by atoms with Crippen LogP contribution in [0.15, 0.2) is 22.7 Å². The second-order valence-corrected chi connectivity index (χ2v) is 6.86. The Morgan fingerprint density at radius 3 is 2.82 bits per heavy atom. The maximum atomic E-state index is 5.75. The number of benzene rings is 1. The standard InChI is InChI=1S/C15H23BrO4SSi/c1-17-5-6-18-12-13-3-4-14(16)15(11-13)19-7-8-20-22-10-2-9-21/h3-4,11,21H,2,5-10,12H2,1H3. The van der Waals surface area contributed by atoms with E-state index in [0.717, 1.165) is 34.0 Å². The summed E-state index contributed by atoms with van der Waals surface area (Å²) in [6.07, 6.45) is 1.10. The normalized spacial score (nSPS) is 10.9. The number of methoxy groups -OCH3 is 1. The molecular weight excluding hydrogens is 384 g/mol. The van der Waals surface area contributed by atoms with E-state index in [1.807, 2.05) is 18.2 Å². The second kappa shape index (κ2) is 13.4. The largest absolute Gasteiger partial charge is 0.490 e. The summed E-state index contributed by atoms with van der Waals surface area (Å²) in [7, 11) is 2.19. The summed E-state index contributed by atoms with van der Waals surface area (Å²) in [5, 5.41) is 0. The molecule has 0 atom stereocenters. The summed E-state index contributed by atoms with van der Waals surface area (Å²) >= 11 is 7.66. The van der Waals surface area contributed by atoms with Gasteiger partial charge < -0.3 is 18.6 Å². The van der Waals surface area contributed by atoms with E-state index < -0.39 is 0 Å². The zero-order valence-corrected chi connectivity index (χ0v) is 16.3. The molecule has 0 saturated carbocycles. The Bertz CT molecular complexity index is 409. The lowest BCUT2D eigenvalue weighted by Gasteiger charge is -2.11. The first-order valence-corrected chi connectivity index (χ1v) is 9.75. The van der Waals surface area contributed by atoms with E-state index in [9.17, 15) is 0 Å². The van der Waals surface area contributed by atoms with Crippen molar-refractivity contribution in [2.75, 3.05) is 39.3 Å². The van der Waals surface area contributed by atoms with Crippen molar-refractivity contribution >= 4 is 38.3 Å². The zero-order valence-electron chi connectivity index (χ0n) is 12.8. The van der Waals surface area contributed by atoms with Crippen LogP contribution in [0.5, 0.6) is 5.75 Å². The fraction of sp³-hybridized carbons (Fsp3) is 0.600. The minimum Gasteiger partial charge on any atom is -0.490 e. The molecule has 0 saturated heterocycles. The summed E-state index contributed by atoms with van der Waals surface area (Å²) < 4.78 is 22.7. The molecule has 7 heteroatoms. The third-order valence-corrected chi connectivity index (χ3v) is 4.62. The predicted molar refractivity (Wildman–Crippen MR) is 96.2 cm³/mol. The number of halogens is 1. The van der Waals surface area contributed by atoms with Gasteiger partial charge in [0.1, 0.15) is 12.4 Å². The SMILES string of the molecule is COCCOCc1ccc(Br)c(OCCO[Si]CCCS)c1. The molecule has 0 aliphatic rings. The van der Waals surface area contributed by atoms with Gasteiger partial charge in [0.05, 0.1) is 30.9 Å². The molecule has 0 spiro atoms. The Labute approximate surface area is 149 Å². The number of hydrogen-bond donors (Lipinski definition) is 1. The Balaban J connectivity index is 2.26. The zero-order chi connectivity index (χ0) is 16.0. The first-order chi connectivity index (χ1) is 10.8. The highest BCUT2D eigenvalue weighted by Gasteiger charge is 2.04. The van der Waals surface area contributed by atoms with Crippen LogP contribution < -0.4 is 4.74 Å². The number of rotatable bonds is 13. The maximum Gasteiger partial charge on any atom is 0.229 e. The summed E-state index contributed by atoms with van der Waals surface area (Å²) in [6.45, 7) is 2.89. The van der Waals surface area contributed by atoms with Crippen LogP contribution in [0.3, 0.4) is 0 Å². The molecule has 1 rings (SSSR count). The number of hydrogen-bond acceptors (Lipinski definition) is 5. The molecule has 4 nitrogen and oxygen atoms in total. The van der Waals surface area contributed by atoms with E-state index in [2.05, 4.69) is 28.6 Å². The average molecular weight is 407 g/mol. The van der Waals surface area contributed by atoms with Gasteiger partial charge in [0.15, 0.2) is 0 Å². The molecule has 0 amide bonds. The molecule has 0 aromatic heterocycles. The minimum atomic E-state index is 0.529. The van der Waals surface area contributed by atoms with Crippen LogP contribution >= 0.6 is 28.6 Å². The molecule has 1 aromatic rings. The molecule has 124 valence electrons. The summed E-state index contributed by atoms with van der Waals surface area (Å²) in [6, 6.07) is 7.04. The monoisotopic (exact) mass is 406 g/mol. The number of thiol groups is 1. The van der Waals surface area contributed by atoms with Crippen molar-refractivity contribution in [3.63, 3.8) is 0 Å². The van der Waals surface area contributed by atoms with Gasteiger partial charge in [0.2, 0.25) is 9.76 Å². The minimum absolute atomic E-state index is 0.529. The van der Waals surface area contributed by atoms with Gasteiger partial charge in [-0.15, -0.1) is 0 Å². The van der Waals surface area contributed by atoms with Gasteiger partial charge in [-0.05, 0) is 51.8 Å². The lowest BCUT2D eigenvalue weighted by Crippen LogP contribution is -2.10. The smallest absolute Gasteiger partial charge is 0.229 e. The Kier molecular flexibility index (Phi) is 12.2. The van der Waals surface area contributed by atoms with Gasteiger partial charge in [-0.25, -0.2) is 0 Å². The third kappa shape index (κ3) is 9.17. The van der Waals surface area contributed by atoms with Crippen molar-refractivity contribution < 1.29 is 18.6 Å². The molecule has 0 aliphatic heterocycles. The van der Waals surface area contributed by atoms with Gasteiger partial charge in [-0.1, -0.05) is 6.07 Å². The Hall–Kier alpha value is -0.0531. The molecule has 0 aliphatic carbocycles. The molecule has 0 fully saturated rings. The number of ether oxygens (including phenoxy) is 3. The van der Waals surface area contributed by atoms with E-state index >= 15 is 0 Å². The van der Waals surface area contributed by atoms with Crippen molar-refractivity contribution in [2.24, 2.45) is 0 Å². The third-order valence-electron chi connectivity index (χ3n) is 2.68. The van der Waals surface area contributed by atoms with Crippen LogP contribution in [-0.2, 0) is 20.5 Å².